The summed E-state index contributed by atoms with van der Waals surface area (Å²) < 4.78 is 12.5. The predicted octanol–water partition coefficient (Wildman–Crippen LogP) is 4.50. The molecule has 7 heteroatoms. The number of aryl methyl sites for hydroxylation is 1. The van der Waals surface area contributed by atoms with Crippen molar-refractivity contribution in [3.05, 3.63) is 66.2 Å². The van der Waals surface area contributed by atoms with Crippen molar-refractivity contribution < 1.29 is 14.3 Å². The van der Waals surface area contributed by atoms with E-state index in [1.54, 1.807) is 16.2 Å². The van der Waals surface area contributed by atoms with Crippen molar-refractivity contribution in [2.24, 2.45) is 0 Å². The largest absolute Gasteiger partial charge is 0.484 e. The van der Waals surface area contributed by atoms with Gasteiger partial charge in [0.1, 0.15) is 5.75 Å². The second-order valence-electron chi connectivity index (χ2n) is 8.26. The summed E-state index contributed by atoms with van der Waals surface area (Å²) >= 11 is 1.55. The molecule has 0 saturated carbocycles. The standard InChI is InChI=1S/C26H27N3O3S/c1-19-6-9-23-24(16-19)33-26(27-23)29(11-10-28-12-14-31-15-13-28)25(30)18-32-22-8-7-20-4-2-3-5-21(20)17-22/h2-9,16-17H,10-15,18H2,1H3. The molecule has 1 aliphatic heterocycles. The summed E-state index contributed by atoms with van der Waals surface area (Å²) in [5.41, 5.74) is 2.10. The number of hydrogen-bond donors (Lipinski definition) is 0. The maximum atomic E-state index is 13.3. The summed E-state index contributed by atoms with van der Waals surface area (Å²) in [6.07, 6.45) is 0. The van der Waals surface area contributed by atoms with Crippen LogP contribution in [0.1, 0.15) is 5.56 Å². The fourth-order valence-corrected chi connectivity index (χ4v) is 5.12. The highest BCUT2D eigenvalue weighted by molar-refractivity contribution is 7.22. The van der Waals surface area contributed by atoms with Crippen LogP contribution in [0.3, 0.4) is 0 Å². The lowest BCUT2D eigenvalue weighted by atomic mass is 10.1. The Morgan fingerprint density at radius 1 is 1.09 bits per heavy atom. The van der Waals surface area contributed by atoms with Gasteiger partial charge in [-0.15, -0.1) is 0 Å². The SMILES string of the molecule is Cc1ccc2nc(N(CCN3CCOCC3)C(=O)COc3ccc4ccccc4c3)sc2c1. The van der Waals surface area contributed by atoms with E-state index in [0.717, 1.165) is 59.0 Å². The summed E-state index contributed by atoms with van der Waals surface area (Å²) in [7, 11) is 0. The molecule has 0 aliphatic carbocycles. The number of rotatable bonds is 7. The first-order valence-electron chi connectivity index (χ1n) is 11.2. The van der Waals surface area contributed by atoms with Gasteiger partial charge in [-0.05, 0) is 47.5 Å². The van der Waals surface area contributed by atoms with Crippen molar-refractivity contribution in [1.82, 2.24) is 9.88 Å². The Morgan fingerprint density at radius 3 is 2.76 bits per heavy atom. The van der Waals surface area contributed by atoms with Gasteiger partial charge in [0.15, 0.2) is 11.7 Å². The van der Waals surface area contributed by atoms with Crippen LogP contribution in [0, 0.1) is 6.92 Å². The maximum Gasteiger partial charge on any atom is 0.266 e. The molecule has 6 nitrogen and oxygen atoms in total. The number of fused-ring (bicyclic) bond motifs is 2. The number of anilines is 1. The highest BCUT2D eigenvalue weighted by Crippen LogP contribution is 2.30. The Labute approximate surface area is 197 Å². The van der Waals surface area contributed by atoms with Crippen LogP contribution < -0.4 is 9.64 Å². The van der Waals surface area contributed by atoms with Gasteiger partial charge in [-0.3, -0.25) is 14.6 Å². The van der Waals surface area contributed by atoms with Crippen molar-refractivity contribution in [1.29, 1.82) is 0 Å². The van der Waals surface area contributed by atoms with E-state index in [1.807, 2.05) is 42.5 Å². The molecule has 5 rings (SSSR count). The van der Waals surface area contributed by atoms with Crippen LogP contribution in [0.25, 0.3) is 21.0 Å². The van der Waals surface area contributed by atoms with Crippen LogP contribution >= 0.6 is 11.3 Å². The maximum absolute atomic E-state index is 13.3. The van der Waals surface area contributed by atoms with Gasteiger partial charge in [0.05, 0.1) is 23.4 Å². The fourth-order valence-electron chi connectivity index (χ4n) is 4.01. The highest BCUT2D eigenvalue weighted by atomic mass is 32.1. The van der Waals surface area contributed by atoms with Gasteiger partial charge >= 0.3 is 0 Å². The molecule has 0 N–H and O–H groups in total. The molecular formula is C26H27N3O3S. The third kappa shape index (κ3) is 5.16. The van der Waals surface area contributed by atoms with Crippen LogP contribution in [-0.4, -0.2) is 61.8 Å². The van der Waals surface area contributed by atoms with Crippen molar-refractivity contribution in [2.75, 3.05) is 50.9 Å². The lowest BCUT2D eigenvalue weighted by molar-refractivity contribution is -0.120. The first-order valence-corrected chi connectivity index (χ1v) is 12.1. The third-order valence-corrected chi connectivity index (χ3v) is 6.93. The molecular weight excluding hydrogens is 434 g/mol. The Bertz CT molecular complexity index is 1270. The molecule has 1 aliphatic rings. The van der Waals surface area contributed by atoms with E-state index < -0.39 is 0 Å². The van der Waals surface area contributed by atoms with Gasteiger partial charge in [-0.1, -0.05) is 47.7 Å². The van der Waals surface area contributed by atoms with E-state index in [0.29, 0.717) is 12.3 Å². The zero-order valence-electron chi connectivity index (χ0n) is 18.7. The normalized spacial score (nSPS) is 14.6. The van der Waals surface area contributed by atoms with Gasteiger partial charge in [-0.2, -0.15) is 0 Å². The molecule has 3 aromatic carbocycles. The van der Waals surface area contributed by atoms with Gasteiger partial charge in [0, 0.05) is 26.2 Å². The predicted molar refractivity (Wildman–Crippen MR) is 133 cm³/mol. The van der Waals surface area contributed by atoms with E-state index in [2.05, 4.69) is 30.0 Å². The molecule has 0 unspecified atom stereocenters. The van der Waals surface area contributed by atoms with Gasteiger partial charge < -0.3 is 9.47 Å². The van der Waals surface area contributed by atoms with Gasteiger partial charge in [0.2, 0.25) is 0 Å². The van der Waals surface area contributed by atoms with E-state index in [1.165, 1.54) is 5.56 Å². The number of hydrogen-bond acceptors (Lipinski definition) is 6. The second kappa shape index (κ2) is 9.87. The quantitative estimate of drug-likeness (QED) is 0.406. The number of aromatic nitrogens is 1. The molecule has 0 spiro atoms. The lowest BCUT2D eigenvalue weighted by Crippen LogP contribution is -2.44. The summed E-state index contributed by atoms with van der Waals surface area (Å²) in [5, 5.41) is 2.96. The first kappa shape index (κ1) is 21.8. The van der Waals surface area contributed by atoms with Crippen LogP contribution in [0.5, 0.6) is 5.75 Å². The molecule has 1 aromatic heterocycles. The number of ether oxygens (including phenoxy) is 2. The molecule has 2 heterocycles. The number of thiazole rings is 1. The van der Waals surface area contributed by atoms with Crippen LogP contribution in [0.15, 0.2) is 60.7 Å². The minimum atomic E-state index is -0.0906. The Morgan fingerprint density at radius 2 is 1.91 bits per heavy atom. The van der Waals surface area contributed by atoms with Gasteiger partial charge in [0.25, 0.3) is 5.91 Å². The van der Waals surface area contributed by atoms with Crippen LogP contribution in [0.2, 0.25) is 0 Å². The summed E-state index contributed by atoms with van der Waals surface area (Å²) in [6, 6.07) is 20.2. The zero-order valence-corrected chi connectivity index (χ0v) is 19.5. The molecule has 0 radical (unpaired) electrons. The summed E-state index contributed by atoms with van der Waals surface area (Å²) in [5.74, 6) is 0.599. The summed E-state index contributed by atoms with van der Waals surface area (Å²) in [4.78, 5) is 22.2. The first-order chi connectivity index (χ1) is 16.2. The Kier molecular flexibility index (Phi) is 6.53. The van der Waals surface area contributed by atoms with Crippen molar-refractivity contribution in [3.63, 3.8) is 0 Å². The van der Waals surface area contributed by atoms with E-state index >= 15 is 0 Å². The minimum Gasteiger partial charge on any atom is -0.484 e. The number of morpholine rings is 1. The number of carbonyl (C=O) groups is 1. The number of carbonyl (C=O) groups excluding carboxylic acids is 1. The van der Waals surface area contributed by atoms with Crippen LogP contribution in [-0.2, 0) is 9.53 Å². The fraction of sp³-hybridized carbons (Fsp3) is 0.308. The molecule has 4 aromatic rings. The molecule has 1 fully saturated rings. The average Bonchev–Trinajstić information content (AvgIpc) is 3.26. The van der Waals surface area contributed by atoms with Crippen LogP contribution in [0.4, 0.5) is 5.13 Å². The number of benzene rings is 3. The second-order valence-corrected chi connectivity index (χ2v) is 9.27. The van der Waals surface area contributed by atoms with Crippen molar-refractivity contribution in [2.45, 2.75) is 6.92 Å². The van der Waals surface area contributed by atoms with E-state index in [-0.39, 0.29) is 12.5 Å². The van der Waals surface area contributed by atoms with E-state index in [4.69, 9.17) is 14.5 Å². The molecule has 33 heavy (non-hydrogen) atoms. The highest BCUT2D eigenvalue weighted by Gasteiger charge is 2.22. The molecule has 0 bridgehead atoms. The zero-order chi connectivity index (χ0) is 22.6. The van der Waals surface area contributed by atoms with Gasteiger partial charge in [-0.25, -0.2) is 4.98 Å². The average molecular weight is 462 g/mol. The van der Waals surface area contributed by atoms with Crippen molar-refractivity contribution >= 4 is 43.4 Å². The summed E-state index contributed by atoms with van der Waals surface area (Å²) in [6.45, 7) is 6.62. The Hall–Kier alpha value is -3.00. The Balaban J connectivity index is 1.33. The topological polar surface area (TPSA) is 54.9 Å². The van der Waals surface area contributed by atoms with Crippen molar-refractivity contribution in [3.8, 4) is 5.75 Å². The lowest BCUT2D eigenvalue weighted by Gasteiger charge is -2.29. The van der Waals surface area contributed by atoms with E-state index in [9.17, 15) is 4.79 Å². The molecule has 170 valence electrons. The molecule has 0 atom stereocenters. The monoisotopic (exact) mass is 461 g/mol. The third-order valence-electron chi connectivity index (χ3n) is 5.89. The number of nitrogens with zero attached hydrogens (tertiary/aromatic N) is 3. The minimum absolute atomic E-state index is 0.0313. The number of amides is 1. The molecule has 1 saturated heterocycles. The molecule has 1 amide bonds. The smallest absolute Gasteiger partial charge is 0.266 e.